The van der Waals surface area contributed by atoms with Crippen LogP contribution in [0.25, 0.3) is 0 Å². The molecule has 0 spiro atoms. The summed E-state index contributed by atoms with van der Waals surface area (Å²) in [5.74, 6) is -1.86. The Labute approximate surface area is 162 Å². The number of aromatic nitrogens is 2. The van der Waals surface area contributed by atoms with Gasteiger partial charge in [-0.2, -0.15) is 18.3 Å². The number of hydrogen-bond acceptors (Lipinski definition) is 6. The Bertz CT molecular complexity index is 931. The van der Waals surface area contributed by atoms with Crippen molar-refractivity contribution in [3.8, 4) is 0 Å². The SMILES string of the molecule is CCOC(=O)c1c(NC(=O)Cn2nc(C)cc2C(F)(F)F)sc(C(C)=O)c1C. The number of nitrogens with one attached hydrogen (secondary N) is 1. The van der Waals surface area contributed by atoms with Gasteiger partial charge < -0.3 is 10.1 Å². The molecule has 0 radical (unpaired) electrons. The van der Waals surface area contributed by atoms with E-state index in [0.717, 1.165) is 17.4 Å². The lowest BCUT2D eigenvalue weighted by molar-refractivity contribution is -0.144. The van der Waals surface area contributed by atoms with Crippen molar-refractivity contribution >= 4 is 34.0 Å². The molecule has 0 aliphatic carbocycles. The van der Waals surface area contributed by atoms with Crippen molar-refractivity contribution in [3.63, 3.8) is 0 Å². The number of halogens is 3. The van der Waals surface area contributed by atoms with Gasteiger partial charge in [0.1, 0.15) is 17.2 Å². The first kappa shape index (κ1) is 21.6. The molecule has 0 aliphatic heterocycles. The average molecular weight is 417 g/mol. The lowest BCUT2D eigenvalue weighted by atomic mass is 10.1. The maximum atomic E-state index is 13.0. The van der Waals surface area contributed by atoms with Gasteiger partial charge in [-0.25, -0.2) is 4.79 Å². The molecule has 0 fully saturated rings. The van der Waals surface area contributed by atoms with Crippen molar-refractivity contribution in [1.29, 1.82) is 0 Å². The number of thiophene rings is 1. The molecule has 0 aromatic carbocycles. The summed E-state index contributed by atoms with van der Waals surface area (Å²) in [6.45, 7) is 5.19. The number of nitrogens with zero attached hydrogens (tertiary/aromatic N) is 2. The molecule has 0 saturated heterocycles. The van der Waals surface area contributed by atoms with E-state index < -0.39 is 30.3 Å². The first-order valence-electron chi connectivity index (χ1n) is 8.18. The highest BCUT2D eigenvalue weighted by molar-refractivity contribution is 7.18. The first-order valence-corrected chi connectivity index (χ1v) is 9.00. The number of rotatable bonds is 6. The third-order valence-electron chi connectivity index (χ3n) is 3.68. The van der Waals surface area contributed by atoms with E-state index in [9.17, 15) is 27.6 Å². The van der Waals surface area contributed by atoms with Gasteiger partial charge in [0.25, 0.3) is 0 Å². The van der Waals surface area contributed by atoms with Crippen LogP contribution in [0.5, 0.6) is 0 Å². The summed E-state index contributed by atoms with van der Waals surface area (Å²) in [5.41, 5.74) is -0.592. The smallest absolute Gasteiger partial charge is 0.433 e. The number of anilines is 1. The molecule has 152 valence electrons. The minimum absolute atomic E-state index is 0.0121. The number of carbonyl (C=O) groups is 3. The van der Waals surface area contributed by atoms with Crippen molar-refractivity contribution < 1.29 is 32.3 Å². The second kappa shape index (κ2) is 8.13. The van der Waals surface area contributed by atoms with Crippen LogP contribution in [0.4, 0.5) is 18.2 Å². The third-order valence-corrected chi connectivity index (χ3v) is 4.99. The quantitative estimate of drug-likeness (QED) is 0.573. The summed E-state index contributed by atoms with van der Waals surface area (Å²) < 4.78 is 44.6. The van der Waals surface area contributed by atoms with Gasteiger partial charge >= 0.3 is 12.1 Å². The Morgan fingerprint density at radius 2 is 1.93 bits per heavy atom. The van der Waals surface area contributed by atoms with Gasteiger partial charge in [0.15, 0.2) is 5.78 Å². The van der Waals surface area contributed by atoms with Crippen LogP contribution in [0.1, 0.15) is 50.8 Å². The molecule has 28 heavy (non-hydrogen) atoms. The van der Waals surface area contributed by atoms with Gasteiger partial charge in [0, 0.05) is 0 Å². The molecule has 7 nitrogen and oxygen atoms in total. The third kappa shape index (κ3) is 4.58. The molecule has 0 unspecified atom stereocenters. The highest BCUT2D eigenvalue weighted by Gasteiger charge is 2.36. The largest absolute Gasteiger partial charge is 0.462 e. The van der Waals surface area contributed by atoms with Gasteiger partial charge in [-0.3, -0.25) is 14.3 Å². The summed E-state index contributed by atoms with van der Waals surface area (Å²) in [4.78, 5) is 36.5. The molecular formula is C17H18F3N3O4S. The number of carbonyl (C=O) groups excluding carboxylic acids is 3. The molecular weight excluding hydrogens is 399 g/mol. The molecule has 2 rings (SSSR count). The van der Waals surface area contributed by atoms with E-state index in [0.29, 0.717) is 10.2 Å². The lowest BCUT2D eigenvalue weighted by Gasteiger charge is -2.11. The second-order valence-electron chi connectivity index (χ2n) is 5.91. The topological polar surface area (TPSA) is 90.3 Å². The van der Waals surface area contributed by atoms with Crippen LogP contribution in [0.2, 0.25) is 0 Å². The van der Waals surface area contributed by atoms with Gasteiger partial charge in [-0.1, -0.05) is 0 Å². The van der Waals surface area contributed by atoms with E-state index in [1.165, 1.54) is 20.8 Å². The van der Waals surface area contributed by atoms with E-state index in [1.54, 1.807) is 6.92 Å². The van der Waals surface area contributed by atoms with Crippen LogP contribution in [0, 0.1) is 13.8 Å². The fourth-order valence-corrected chi connectivity index (χ4v) is 3.69. The lowest BCUT2D eigenvalue weighted by Crippen LogP contribution is -2.24. The van der Waals surface area contributed by atoms with Gasteiger partial charge in [-0.15, -0.1) is 11.3 Å². The highest BCUT2D eigenvalue weighted by atomic mass is 32.1. The molecule has 1 amide bonds. The van der Waals surface area contributed by atoms with E-state index in [1.807, 2.05) is 0 Å². The Morgan fingerprint density at radius 1 is 1.29 bits per heavy atom. The fourth-order valence-electron chi connectivity index (χ4n) is 2.58. The van der Waals surface area contributed by atoms with Crippen molar-refractivity contribution in [2.75, 3.05) is 11.9 Å². The van der Waals surface area contributed by atoms with Crippen LogP contribution in [0.3, 0.4) is 0 Å². The maximum Gasteiger partial charge on any atom is 0.433 e. The standard InChI is InChI=1S/C17H18F3N3O4S/c1-5-27-16(26)13-9(3)14(10(4)24)28-15(13)21-12(25)7-23-11(17(18,19)20)6-8(2)22-23/h6H,5,7H2,1-4H3,(H,21,25). The van der Waals surface area contributed by atoms with Crippen molar-refractivity contribution in [1.82, 2.24) is 9.78 Å². The number of amides is 1. The van der Waals surface area contributed by atoms with Crippen LogP contribution in [-0.4, -0.2) is 34.0 Å². The molecule has 0 aliphatic rings. The Kier molecular flexibility index (Phi) is 6.27. The summed E-state index contributed by atoms with van der Waals surface area (Å²) in [7, 11) is 0. The Hall–Kier alpha value is -2.69. The van der Waals surface area contributed by atoms with Crippen molar-refractivity contribution in [2.45, 2.75) is 40.4 Å². The van der Waals surface area contributed by atoms with Gasteiger partial charge in [0.05, 0.1) is 22.7 Å². The zero-order valence-electron chi connectivity index (χ0n) is 15.6. The number of hydrogen-bond donors (Lipinski definition) is 1. The van der Waals surface area contributed by atoms with E-state index in [4.69, 9.17) is 4.74 Å². The normalized spacial score (nSPS) is 11.4. The maximum absolute atomic E-state index is 13.0. The predicted molar refractivity (Wildman–Crippen MR) is 95.6 cm³/mol. The number of Topliss-reactive ketones (excluding diaryl/α,β-unsaturated/α-hetero) is 1. The van der Waals surface area contributed by atoms with E-state index in [2.05, 4.69) is 10.4 Å². The molecule has 2 heterocycles. The molecule has 1 N–H and O–H groups in total. The summed E-state index contributed by atoms with van der Waals surface area (Å²) in [5, 5.41) is 6.14. The number of alkyl halides is 3. The predicted octanol–water partition coefficient (Wildman–Crippen LogP) is 3.60. The van der Waals surface area contributed by atoms with Crippen LogP contribution in [-0.2, 0) is 22.3 Å². The molecule has 2 aromatic heterocycles. The summed E-state index contributed by atoms with van der Waals surface area (Å²) in [6, 6.07) is 0.834. The highest BCUT2D eigenvalue weighted by Crippen LogP contribution is 2.34. The van der Waals surface area contributed by atoms with Crippen LogP contribution >= 0.6 is 11.3 Å². The number of ketones is 1. The number of ether oxygens (including phenoxy) is 1. The first-order chi connectivity index (χ1) is 13.0. The van der Waals surface area contributed by atoms with E-state index >= 15 is 0 Å². The van der Waals surface area contributed by atoms with Crippen molar-refractivity contribution in [3.05, 3.63) is 33.5 Å². The van der Waals surface area contributed by atoms with Gasteiger partial charge in [-0.05, 0) is 39.3 Å². The van der Waals surface area contributed by atoms with Gasteiger partial charge in [0.2, 0.25) is 5.91 Å². The van der Waals surface area contributed by atoms with E-state index in [-0.39, 0.29) is 33.5 Å². The molecule has 0 atom stereocenters. The fraction of sp³-hybridized carbons (Fsp3) is 0.412. The molecule has 11 heteroatoms. The number of esters is 1. The zero-order chi connectivity index (χ0) is 21.2. The minimum atomic E-state index is -4.67. The monoisotopic (exact) mass is 417 g/mol. The molecule has 2 aromatic rings. The van der Waals surface area contributed by atoms with Crippen LogP contribution < -0.4 is 5.32 Å². The average Bonchev–Trinajstić information content (AvgIpc) is 3.07. The number of aryl methyl sites for hydroxylation is 1. The molecule has 0 saturated carbocycles. The Balaban J connectivity index is 2.33. The minimum Gasteiger partial charge on any atom is -0.462 e. The van der Waals surface area contributed by atoms with Crippen molar-refractivity contribution in [2.24, 2.45) is 0 Å². The summed E-state index contributed by atoms with van der Waals surface area (Å²) in [6.07, 6.45) is -4.67. The zero-order valence-corrected chi connectivity index (χ0v) is 16.4. The van der Waals surface area contributed by atoms with Crippen LogP contribution in [0.15, 0.2) is 6.07 Å². The molecule has 0 bridgehead atoms. The summed E-state index contributed by atoms with van der Waals surface area (Å²) >= 11 is 0.868. The second-order valence-corrected chi connectivity index (χ2v) is 6.93. The Morgan fingerprint density at radius 3 is 2.46 bits per heavy atom.